The zero-order valence-electron chi connectivity index (χ0n) is 12.3. The van der Waals surface area contributed by atoms with Crippen LogP contribution in [0.4, 0.5) is 10.5 Å². The molecule has 0 saturated carbocycles. The quantitative estimate of drug-likeness (QED) is 0.720. The number of carbonyl (C=O) groups is 2. The van der Waals surface area contributed by atoms with Gasteiger partial charge in [0, 0.05) is 6.04 Å². The molecular weight excluding hydrogens is 292 g/mol. The number of ether oxygens (including phenoxy) is 1. The Morgan fingerprint density at radius 1 is 1.43 bits per heavy atom. The molecule has 7 heteroatoms. The van der Waals surface area contributed by atoms with Gasteiger partial charge in [0.1, 0.15) is 5.75 Å². The first-order valence-electron chi connectivity index (χ1n) is 6.45. The van der Waals surface area contributed by atoms with E-state index in [-0.39, 0.29) is 17.6 Å². The molecule has 0 radical (unpaired) electrons. The molecule has 0 aromatic heterocycles. The van der Waals surface area contributed by atoms with Gasteiger partial charge in [-0.2, -0.15) is 11.8 Å². The van der Waals surface area contributed by atoms with Gasteiger partial charge in [0.2, 0.25) is 0 Å². The summed E-state index contributed by atoms with van der Waals surface area (Å²) in [6, 6.07) is 3.95. The lowest BCUT2D eigenvalue weighted by molar-refractivity contribution is 0.0697. The predicted octanol–water partition coefficient (Wildman–Crippen LogP) is 2.66. The minimum absolute atomic E-state index is 0.0334. The van der Waals surface area contributed by atoms with Gasteiger partial charge in [-0.3, -0.25) is 0 Å². The average molecular weight is 312 g/mol. The number of aromatic carboxylic acids is 1. The molecule has 0 saturated heterocycles. The highest BCUT2D eigenvalue weighted by atomic mass is 32.2. The van der Waals surface area contributed by atoms with Crippen LogP contribution in [0.1, 0.15) is 23.7 Å². The molecule has 0 spiro atoms. The van der Waals surface area contributed by atoms with E-state index >= 15 is 0 Å². The Labute approximate surface area is 128 Å². The second-order valence-electron chi connectivity index (χ2n) is 4.50. The molecule has 6 nitrogen and oxygen atoms in total. The number of carbonyl (C=O) groups excluding carboxylic acids is 1. The van der Waals surface area contributed by atoms with E-state index < -0.39 is 5.97 Å². The van der Waals surface area contributed by atoms with Crippen LogP contribution >= 0.6 is 11.8 Å². The van der Waals surface area contributed by atoms with Crippen molar-refractivity contribution in [1.29, 1.82) is 0 Å². The van der Waals surface area contributed by atoms with Gasteiger partial charge in [0.25, 0.3) is 0 Å². The van der Waals surface area contributed by atoms with Crippen molar-refractivity contribution in [2.75, 3.05) is 24.4 Å². The summed E-state index contributed by atoms with van der Waals surface area (Å²) < 4.78 is 5.11. The largest absolute Gasteiger partial charge is 0.495 e. The first kappa shape index (κ1) is 17.2. The monoisotopic (exact) mass is 312 g/mol. The summed E-state index contributed by atoms with van der Waals surface area (Å²) in [5.74, 6) is 0.306. The van der Waals surface area contributed by atoms with Crippen molar-refractivity contribution in [3.05, 3.63) is 23.8 Å². The number of carboxylic acids is 1. The number of amides is 2. The minimum atomic E-state index is -1.06. The van der Waals surface area contributed by atoms with Crippen LogP contribution < -0.4 is 15.4 Å². The number of nitrogens with one attached hydrogen (secondary N) is 2. The fourth-order valence-electron chi connectivity index (χ4n) is 1.69. The van der Waals surface area contributed by atoms with E-state index in [1.165, 1.54) is 25.3 Å². The molecule has 1 rings (SSSR count). The van der Waals surface area contributed by atoms with Crippen LogP contribution in [0.15, 0.2) is 18.2 Å². The van der Waals surface area contributed by atoms with Gasteiger partial charge >= 0.3 is 12.0 Å². The molecule has 2 amide bonds. The number of methoxy groups -OCH3 is 1. The zero-order chi connectivity index (χ0) is 15.8. The van der Waals surface area contributed by atoms with Gasteiger partial charge in [-0.1, -0.05) is 0 Å². The number of carboxylic acid groups (broad SMARTS) is 1. The number of anilines is 1. The second-order valence-corrected chi connectivity index (χ2v) is 5.49. The van der Waals surface area contributed by atoms with E-state index in [9.17, 15) is 9.59 Å². The van der Waals surface area contributed by atoms with E-state index in [1.807, 2.05) is 13.2 Å². The Balaban J connectivity index is 2.74. The standard InChI is InChI=1S/C14H20N2O4S/c1-9(6-7-21-3)15-14(19)16-11-8-10(13(17)18)4-5-12(11)20-2/h4-5,8-9H,6-7H2,1-3H3,(H,17,18)(H2,15,16,19). The Morgan fingerprint density at radius 2 is 2.14 bits per heavy atom. The summed E-state index contributed by atoms with van der Waals surface area (Å²) in [6.45, 7) is 1.92. The van der Waals surface area contributed by atoms with Crippen molar-refractivity contribution in [3.63, 3.8) is 0 Å². The molecule has 0 aliphatic carbocycles. The highest BCUT2D eigenvalue weighted by Crippen LogP contribution is 2.25. The molecule has 0 aliphatic rings. The van der Waals surface area contributed by atoms with Crippen molar-refractivity contribution in [1.82, 2.24) is 5.32 Å². The topological polar surface area (TPSA) is 87.7 Å². The highest BCUT2D eigenvalue weighted by Gasteiger charge is 2.13. The maximum atomic E-state index is 11.9. The van der Waals surface area contributed by atoms with Gasteiger partial charge in [-0.25, -0.2) is 9.59 Å². The van der Waals surface area contributed by atoms with Gasteiger partial charge in [-0.15, -0.1) is 0 Å². The van der Waals surface area contributed by atoms with Gasteiger partial charge in [0.05, 0.1) is 18.4 Å². The summed E-state index contributed by atoms with van der Waals surface area (Å²) in [5, 5.41) is 14.4. The van der Waals surface area contributed by atoms with Crippen LogP contribution in [0.25, 0.3) is 0 Å². The zero-order valence-corrected chi connectivity index (χ0v) is 13.1. The first-order valence-corrected chi connectivity index (χ1v) is 7.85. The predicted molar refractivity (Wildman–Crippen MR) is 84.6 cm³/mol. The SMILES string of the molecule is COc1ccc(C(=O)O)cc1NC(=O)NC(C)CCSC. The van der Waals surface area contributed by atoms with Crippen LogP contribution in [0.5, 0.6) is 5.75 Å². The van der Waals surface area contributed by atoms with Crippen molar-refractivity contribution in [3.8, 4) is 5.75 Å². The molecular formula is C14H20N2O4S. The van der Waals surface area contributed by atoms with Crippen molar-refractivity contribution in [2.24, 2.45) is 0 Å². The van der Waals surface area contributed by atoms with Crippen LogP contribution in [-0.4, -0.2) is 42.3 Å². The van der Waals surface area contributed by atoms with Gasteiger partial charge in [0.15, 0.2) is 0 Å². The Bertz CT molecular complexity index is 508. The lowest BCUT2D eigenvalue weighted by Gasteiger charge is -2.15. The highest BCUT2D eigenvalue weighted by molar-refractivity contribution is 7.98. The molecule has 0 fully saturated rings. The third-order valence-corrected chi connectivity index (χ3v) is 3.47. The molecule has 1 unspecified atom stereocenters. The third-order valence-electron chi connectivity index (χ3n) is 2.83. The number of hydrogen-bond acceptors (Lipinski definition) is 4. The fourth-order valence-corrected chi connectivity index (χ4v) is 2.28. The fraction of sp³-hybridized carbons (Fsp3) is 0.429. The normalized spacial score (nSPS) is 11.6. The van der Waals surface area contributed by atoms with Gasteiger partial charge < -0.3 is 20.5 Å². The van der Waals surface area contributed by atoms with Crippen LogP contribution in [0.2, 0.25) is 0 Å². The number of rotatable bonds is 7. The third kappa shape index (κ3) is 5.55. The summed E-state index contributed by atoms with van der Waals surface area (Å²) in [4.78, 5) is 22.9. The molecule has 1 atom stereocenters. The Morgan fingerprint density at radius 3 is 2.71 bits per heavy atom. The molecule has 116 valence electrons. The van der Waals surface area contributed by atoms with E-state index in [0.717, 1.165) is 12.2 Å². The van der Waals surface area contributed by atoms with E-state index in [0.29, 0.717) is 11.4 Å². The maximum Gasteiger partial charge on any atom is 0.335 e. The van der Waals surface area contributed by atoms with Crippen molar-refractivity contribution in [2.45, 2.75) is 19.4 Å². The molecule has 1 aromatic carbocycles. The Kier molecular flexibility index (Phi) is 6.87. The number of thioether (sulfide) groups is 1. The summed E-state index contributed by atoms with van der Waals surface area (Å²) in [7, 11) is 1.46. The second kappa shape index (κ2) is 8.41. The summed E-state index contributed by atoms with van der Waals surface area (Å²) in [5.41, 5.74) is 0.411. The first-order chi connectivity index (χ1) is 9.97. The van der Waals surface area contributed by atoms with Crippen molar-refractivity contribution < 1.29 is 19.4 Å². The molecule has 1 aromatic rings. The number of benzene rings is 1. The number of hydrogen-bond donors (Lipinski definition) is 3. The lowest BCUT2D eigenvalue weighted by atomic mass is 10.2. The smallest absolute Gasteiger partial charge is 0.335 e. The molecule has 0 aliphatic heterocycles. The van der Waals surface area contributed by atoms with Crippen LogP contribution in [0.3, 0.4) is 0 Å². The van der Waals surface area contributed by atoms with E-state index in [1.54, 1.807) is 11.8 Å². The average Bonchev–Trinajstić information content (AvgIpc) is 2.44. The summed E-state index contributed by atoms with van der Waals surface area (Å²) >= 11 is 1.72. The Hall–Kier alpha value is -1.89. The maximum absolute atomic E-state index is 11.9. The lowest BCUT2D eigenvalue weighted by Crippen LogP contribution is -2.36. The van der Waals surface area contributed by atoms with Crippen LogP contribution in [0, 0.1) is 0 Å². The molecule has 0 heterocycles. The van der Waals surface area contributed by atoms with Crippen molar-refractivity contribution >= 4 is 29.4 Å². The molecule has 3 N–H and O–H groups in total. The minimum Gasteiger partial charge on any atom is -0.495 e. The van der Waals surface area contributed by atoms with E-state index in [2.05, 4.69) is 10.6 Å². The van der Waals surface area contributed by atoms with Crippen LogP contribution in [-0.2, 0) is 0 Å². The van der Waals surface area contributed by atoms with E-state index in [4.69, 9.17) is 9.84 Å². The molecule has 21 heavy (non-hydrogen) atoms. The molecule has 0 bridgehead atoms. The number of urea groups is 1. The van der Waals surface area contributed by atoms with Gasteiger partial charge in [-0.05, 0) is 43.6 Å². The summed E-state index contributed by atoms with van der Waals surface area (Å²) in [6.07, 6.45) is 2.87.